The number of H-pyrrole nitrogens is 1. The van der Waals surface area contributed by atoms with Gasteiger partial charge < -0.3 is 9.55 Å². The number of pyridine rings is 2. The monoisotopic (exact) mass is 656 g/mol. The Morgan fingerprint density at radius 2 is 1.22 bits per heavy atom. The first-order valence-corrected chi connectivity index (χ1v) is 15.0. The lowest BCUT2D eigenvalue weighted by Crippen LogP contribution is -1.95. The molecule has 1 N–H and O–H groups in total. The van der Waals surface area contributed by atoms with Crippen molar-refractivity contribution in [2.24, 2.45) is 0 Å². The van der Waals surface area contributed by atoms with Gasteiger partial charge in [-0.25, -0.2) is 8.78 Å². The molecule has 220 valence electrons. The number of aromatic nitrogens is 4. The predicted molar refractivity (Wildman–Crippen MR) is 182 cm³/mol. The van der Waals surface area contributed by atoms with Crippen LogP contribution in [0.4, 0.5) is 8.78 Å². The summed E-state index contributed by atoms with van der Waals surface area (Å²) in [5, 5.41) is 2.31. The minimum absolute atomic E-state index is 0.215. The molecule has 0 amide bonds. The zero-order valence-corrected chi connectivity index (χ0v) is 25.6. The maximum absolute atomic E-state index is 14.0. The number of rotatable bonds is 3. The molecule has 8 rings (SSSR count). The van der Waals surface area contributed by atoms with Crippen molar-refractivity contribution in [1.29, 1.82) is 0 Å². The van der Waals surface area contributed by atoms with Crippen LogP contribution in [0.1, 0.15) is 0 Å². The zero-order valence-electron chi connectivity index (χ0n) is 24.0. The molecule has 0 spiro atoms. The Labute approximate surface area is 267 Å². The minimum Gasteiger partial charge on any atom is -0.361 e. The average molecular weight is 658 g/mol. The van der Waals surface area contributed by atoms with Gasteiger partial charge in [-0.3, -0.25) is 9.97 Å². The van der Waals surface area contributed by atoms with E-state index in [-0.39, 0.29) is 11.6 Å². The molecular formula is C38H27BrF2N4. The van der Waals surface area contributed by atoms with E-state index in [1.54, 1.807) is 42.7 Å². The number of aromatic amines is 1. The van der Waals surface area contributed by atoms with E-state index < -0.39 is 0 Å². The van der Waals surface area contributed by atoms with Gasteiger partial charge in [0.05, 0.1) is 15.7 Å². The van der Waals surface area contributed by atoms with E-state index >= 15 is 0 Å². The smallest absolute Gasteiger partial charge is 0.147 e. The Morgan fingerprint density at radius 3 is 1.84 bits per heavy atom. The first-order chi connectivity index (χ1) is 22.1. The molecule has 0 atom stereocenters. The summed E-state index contributed by atoms with van der Waals surface area (Å²) in [4.78, 5) is 11.5. The summed E-state index contributed by atoms with van der Waals surface area (Å²) in [7, 11) is 0. The van der Waals surface area contributed by atoms with Crippen LogP contribution in [0, 0.1) is 11.6 Å². The number of halogens is 3. The van der Waals surface area contributed by atoms with Gasteiger partial charge in [-0.1, -0.05) is 48.5 Å². The molecule has 4 aromatic carbocycles. The van der Waals surface area contributed by atoms with Crippen LogP contribution in [-0.4, -0.2) is 19.5 Å². The summed E-state index contributed by atoms with van der Waals surface area (Å²) in [5.74, 6) is -0.441. The predicted octanol–water partition coefficient (Wildman–Crippen LogP) is 10.6. The molecule has 4 aromatic heterocycles. The van der Waals surface area contributed by atoms with Crippen LogP contribution in [0.2, 0.25) is 0 Å². The molecule has 0 bridgehead atoms. The van der Waals surface area contributed by atoms with Crippen molar-refractivity contribution in [3.05, 3.63) is 175 Å². The summed E-state index contributed by atoms with van der Waals surface area (Å²) in [6.45, 7) is 0. The summed E-state index contributed by atoms with van der Waals surface area (Å²) >= 11 is 3.02. The van der Waals surface area contributed by atoms with Gasteiger partial charge in [-0.05, 0) is 105 Å². The molecule has 4 heterocycles. The maximum atomic E-state index is 14.0. The lowest BCUT2D eigenvalue weighted by Gasteiger charge is -2.07. The molecule has 45 heavy (non-hydrogen) atoms. The molecule has 0 saturated heterocycles. The van der Waals surface area contributed by atoms with Crippen molar-refractivity contribution in [3.63, 3.8) is 0 Å². The van der Waals surface area contributed by atoms with E-state index in [1.165, 1.54) is 28.6 Å². The van der Waals surface area contributed by atoms with E-state index in [4.69, 9.17) is 0 Å². The van der Waals surface area contributed by atoms with Crippen molar-refractivity contribution >= 4 is 37.7 Å². The molecule has 0 aliphatic carbocycles. The lowest BCUT2D eigenvalue weighted by molar-refractivity contribution is 0.619. The molecular weight excluding hydrogens is 630 g/mol. The molecule has 0 saturated carbocycles. The van der Waals surface area contributed by atoms with Crippen molar-refractivity contribution in [2.45, 2.75) is 0 Å². The molecule has 0 unspecified atom stereocenters. The topological polar surface area (TPSA) is 46.5 Å². The summed E-state index contributed by atoms with van der Waals surface area (Å²) in [5.41, 5.74) is 7.25. The van der Waals surface area contributed by atoms with E-state index in [0.29, 0.717) is 10.2 Å². The molecule has 0 fully saturated rings. The Kier molecular flexibility index (Phi) is 9.18. The second kappa shape index (κ2) is 13.9. The quantitative estimate of drug-likeness (QED) is 0.206. The highest BCUT2D eigenvalue weighted by atomic mass is 79.9. The van der Waals surface area contributed by atoms with Crippen LogP contribution in [0.3, 0.4) is 0 Å². The number of para-hydroxylation sites is 1. The van der Waals surface area contributed by atoms with E-state index in [2.05, 4.69) is 67.3 Å². The minimum atomic E-state index is -0.226. The van der Waals surface area contributed by atoms with Crippen molar-refractivity contribution in [2.75, 3.05) is 0 Å². The lowest BCUT2D eigenvalue weighted by atomic mass is 10.1. The second-order valence-electron chi connectivity index (χ2n) is 10.1. The van der Waals surface area contributed by atoms with Gasteiger partial charge in [0, 0.05) is 59.2 Å². The van der Waals surface area contributed by atoms with E-state index in [9.17, 15) is 8.78 Å². The highest BCUT2D eigenvalue weighted by molar-refractivity contribution is 9.10. The van der Waals surface area contributed by atoms with Gasteiger partial charge >= 0.3 is 0 Å². The molecule has 0 radical (unpaired) electrons. The fourth-order valence-corrected chi connectivity index (χ4v) is 5.20. The Morgan fingerprint density at radius 1 is 0.578 bits per heavy atom. The molecule has 0 aliphatic heterocycles. The molecule has 0 aliphatic rings. The summed E-state index contributed by atoms with van der Waals surface area (Å²) in [6.07, 6.45) is 11.1. The number of fused-ring (bicyclic) bond motifs is 2. The Hall–Kier alpha value is -5.40. The van der Waals surface area contributed by atoms with Gasteiger partial charge in [0.2, 0.25) is 0 Å². The highest BCUT2D eigenvalue weighted by Gasteiger charge is 2.08. The first-order valence-electron chi connectivity index (χ1n) is 14.2. The average Bonchev–Trinajstić information content (AvgIpc) is 3.74. The third kappa shape index (κ3) is 7.06. The van der Waals surface area contributed by atoms with Gasteiger partial charge in [0.15, 0.2) is 0 Å². The Bertz CT molecular complexity index is 2140. The molecule has 7 heteroatoms. The Balaban J connectivity index is 0.000000134. The molecule has 4 nitrogen and oxygen atoms in total. The fraction of sp³-hybridized carbons (Fsp3) is 0. The van der Waals surface area contributed by atoms with Gasteiger partial charge in [-0.15, -0.1) is 0 Å². The van der Waals surface area contributed by atoms with Crippen molar-refractivity contribution in [1.82, 2.24) is 19.5 Å². The van der Waals surface area contributed by atoms with Gasteiger partial charge in [0.25, 0.3) is 0 Å². The van der Waals surface area contributed by atoms with Gasteiger partial charge in [-0.2, -0.15) is 0 Å². The van der Waals surface area contributed by atoms with E-state index in [0.717, 1.165) is 27.6 Å². The molecule has 8 aromatic rings. The fourth-order valence-electron chi connectivity index (χ4n) is 4.92. The van der Waals surface area contributed by atoms with Crippen LogP contribution in [0.5, 0.6) is 0 Å². The van der Waals surface area contributed by atoms with Crippen LogP contribution >= 0.6 is 15.9 Å². The summed E-state index contributed by atoms with van der Waals surface area (Å²) in [6, 6.07) is 37.9. The summed E-state index contributed by atoms with van der Waals surface area (Å²) < 4.78 is 28.7. The van der Waals surface area contributed by atoms with Crippen LogP contribution in [0.15, 0.2) is 163 Å². The zero-order chi connectivity index (χ0) is 31.0. The highest BCUT2D eigenvalue weighted by Crippen LogP contribution is 2.27. The van der Waals surface area contributed by atoms with E-state index in [1.807, 2.05) is 71.8 Å². The number of hydrogen-bond acceptors (Lipinski definition) is 2. The number of hydrogen-bond donors (Lipinski definition) is 1. The third-order valence-corrected chi connectivity index (χ3v) is 7.81. The van der Waals surface area contributed by atoms with Crippen molar-refractivity contribution in [3.8, 4) is 27.9 Å². The van der Waals surface area contributed by atoms with Crippen LogP contribution in [-0.2, 0) is 0 Å². The maximum Gasteiger partial charge on any atom is 0.147 e. The largest absolute Gasteiger partial charge is 0.361 e. The van der Waals surface area contributed by atoms with Crippen LogP contribution < -0.4 is 0 Å². The number of nitrogens with zero attached hydrogens (tertiary/aromatic N) is 3. The van der Waals surface area contributed by atoms with Crippen molar-refractivity contribution < 1.29 is 8.78 Å². The second-order valence-corrected chi connectivity index (χ2v) is 10.9. The number of benzene rings is 4. The number of nitrogens with one attached hydrogen (secondary N) is 1. The normalized spacial score (nSPS) is 10.6. The standard InChI is InChI=1S/C19H13FN2.C13H10N2.C6H4BrF/c20-17-5-1-2-6-19(17)22-11-9-15-12-14(7-8-18(15)22)16-4-3-10-21-13-16;1-2-12(9-14-6-1)10-3-4-13-11(8-10)5-7-15-13;7-5-3-1-2-4-6(5)8/h1-13H;1-9,15H;1-4H. The third-order valence-electron chi connectivity index (χ3n) is 7.17. The first kappa shape index (κ1) is 29.7. The van der Waals surface area contributed by atoms with Crippen LogP contribution in [0.25, 0.3) is 49.7 Å². The van der Waals surface area contributed by atoms with Gasteiger partial charge in [0.1, 0.15) is 11.6 Å². The SMILES string of the molecule is Fc1ccccc1-n1ccc2cc(-c3cccnc3)ccc21.Fc1ccccc1Br.c1cncc(-c2ccc3[nH]ccc3c2)c1.